The summed E-state index contributed by atoms with van der Waals surface area (Å²) in [6, 6.07) is 2.08. The fourth-order valence-electron chi connectivity index (χ4n) is 4.15. The molecule has 3 rings (SSSR count). The Labute approximate surface area is 203 Å². The van der Waals surface area contributed by atoms with Crippen molar-refractivity contribution in [2.45, 2.75) is 64.7 Å². The van der Waals surface area contributed by atoms with E-state index in [-0.39, 0.29) is 24.3 Å². The molecule has 0 saturated heterocycles. The van der Waals surface area contributed by atoms with E-state index in [4.69, 9.17) is 4.74 Å². The van der Waals surface area contributed by atoms with Crippen LogP contribution >= 0.6 is 0 Å². The molecule has 0 spiro atoms. The zero-order chi connectivity index (χ0) is 26.8. The van der Waals surface area contributed by atoms with Crippen LogP contribution < -0.4 is 4.90 Å². The lowest BCUT2D eigenvalue weighted by Crippen LogP contribution is -2.34. The first kappa shape index (κ1) is 27.3. The summed E-state index contributed by atoms with van der Waals surface area (Å²) in [5, 5.41) is 0. The number of amides is 2. The summed E-state index contributed by atoms with van der Waals surface area (Å²) >= 11 is 0. The van der Waals surface area contributed by atoms with Crippen molar-refractivity contribution >= 4 is 17.7 Å². The second-order valence-electron chi connectivity index (χ2n) is 8.74. The Morgan fingerprint density at radius 3 is 2.25 bits per heavy atom. The molecule has 1 aromatic heterocycles. The summed E-state index contributed by atoms with van der Waals surface area (Å²) in [5.74, 6) is -0.556. The Kier molecular flexibility index (Phi) is 7.85. The Hall–Kier alpha value is -3.31. The predicted molar refractivity (Wildman–Crippen MR) is 118 cm³/mol. The Morgan fingerprint density at radius 1 is 1.11 bits per heavy atom. The summed E-state index contributed by atoms with van der Waals surface area (Å²) in [5.41, 5.74) is -2.39. The lowest BCUT2D eigenvalue weighted by molar-refractivity contribution is -0.143. The number of rotatable bonds is 4. The van der Waals surface area contributed by atoms with Crippen molar-refractivity contribution in [1.29, 1.82) is 0 Å². The van der Waals surface area contributed by atoms with E-state index in [0.717, 1.165) is 0 Å². The van der Waals surface area contributed by atoms with Crippen molar-refractivity contribution in [3.05, 3.63) is 58.9 Å². The van der Waals surface area contributed by atoms with Gasteiger partial charge >= 0.3 is 18.4 Å². The molecule has 1 aromatic carbocycles. The van der Waals surface area contributed by atoms with Gasteiger partial charge in [-0.25, -0.2) is 4.79 Å². The molecule has 2 heterocycles. The summed E-state index contributed by atoms with van der Waals surface area (Å²) in [7, 11) is 0. The van der Waals surface area contributed by atoms with Crippen LogP contribution in [0.5, 0.6) is 0 Å². The molecule has 2 aromatic rings. The molecule has 0 radical (unpaired) electrons. The number of benzene rings is 1. The second kappa shape index (κ2) is 10.4. The van der Waals surface area contributed by atoms with Crippen LogP contribution in [-0.4, -0.2) is 34.5 Å². The van der Waals surface area contributed by atoms with E-state index in [1.807, 2.05) is 0 Å². The number of nitrogens with zero attached hydrogens (tertiary/aromatic N) is 3. The largest absolute Gasteiger partial charge is 0.446 e. The standard InChI is InChI=1S/C24H25F6N3O3/c1-14(2)36-22(35)32-8-4-5-20(19-12-31-7-6-21(19)32)33(15(3)34)13-16-9-17(23(25,26)27)11-18(10-16)24(28,29)30/h6-7,9-12,14,20H,4-5,8,13H2,1-3H3. The molecule has 36 heavy (non-hydrogen) atoms. The van der Waals surface area contributed by atoms with E-state index < -0.39 is 48.1 Å². The molecule has 6 nitrogen and oxygen atoms in total. The highest BCUT2D eigenvalue weighted by atomic mass is 19.4. The molecule has 196 valence electrons. The molecule has 1 unspecified atom stereocenters. The molecule has 1 aliphatic rings. The fourth-order valence-corrected chi connectivity index (χ4v) is 4.15. The van der Waals surface area contributed by atoms with Crippen LogP contribution in [0, 0.1) is 0 Å². The normalized spacial score (nSPS) is 16.4. The van der Waals surface area contributed by atoms with E-state index >= 15 is 0 Å². The first-order chi connectivity index (χ1) is 16.7. The highest BCUT2D eigenvalue weighted by Gasteiger charge is 2.38. The zero-order valence-corrected chi connectivity index (χ0v) is 19.8. The van der Waals surface area contributed by atoms with Gasteiger partial charge in [0.15, 0.2) is 0 Å². The van der Waals surface area contributed by atoms with Crippen molar-refractivity contribution in [3.8, 4) is 0 Å². The first-order valence-electron chi connectivity index (χ1n) is 11.2. The average Bonchev–Trinajstić information content (AvgIpc) is 2.95. The number of anilines is 1. The number of ether oxygens (including phenoxy) is 1. The molecule has 0 aliphatic carbocycles. The van der Waals surface area contributed by atoms with E-state index in [1.165, 1.54) is 29.1 Å². The summed E-state index contributed by atoms with van der Waals surface area (Å²) < 4.78 is 85.4. The van der Waals surface area contributed by atoms with E-state index in [2.05, 4.69) is 4.98 Å². The Morgan fingerprint density at radius 2 is 1.72 bits per heavy atom. The van der Waals surface area contributed by atoms with Crippen LogP contribution in [0.15, 0.2) is 36.7 Å². The second-order valence-corrected chi connectivity index (χ2v) is 8.74. The molecule has 2 amide bonds. The monoisotopic (exact) mass is 517 g/mol. The number of hydrogen-bond acceptors (Lipinski definition) is 4. The van der Waals surface area contributed by atoms with Crippen LogP contribution in [0.3, 0.4) is 0 Å². The molecular weight excluding hydrogens is 492 g/mol. The zero-order valence-electron chi connectivity index (χ0n) is 19.8. The molecular formula is C24H25F6N3O3. The van der Waals surface area contributed by atoms with Gasteiger partial charge in [0.2, 0.25) is 5.91 Å². The van der Waals surface area contributed by atoms with Gasteiger partial charge in [-0.1, -0.05) is 0 Å². The van der Waals surface area contributed by atoms with Gasteiger partial charge in [0, 0.05) is 38.0 Å². The number of hydrogen-bond donors (Lipinski definition) is 0. The summed E-state index contributed by atoms with van der Waals surface area (Å²) in [6.07, 6.45) is -7.44. The van der Waals surface area contributed by atoms with Gasteiger partial charge in [0.1, 0.15) is 0 Å². The van der Waals surface area contributed by atoms with Gasteiger partial charge in [-0.3, -0.25) is 14.7 Å². The van der Waals surface area contributed by atoms with Gasteiger partial charge in [0.05, 0.1) is 29.0 Å². The minimum Gasteiger partial charge on any atom is -0.446 e. The lowest BCUT2D eigenvalue weighted by atomic mass is 9.99. The highest BCUT2D eigenvalue weighted by Crippen LogP contribution is 2.39. The van der Waals surface area contributed by atoms with Crippen molar-refractivity contribution in [2.24, 2.45) is 0 Å². The molecule has 12 heteroatoms. The topological polar surface area (TPSA) is 62.7 Å². The number of aromatic nitrogens is 1. The quantitative estimate of drug-likeness (QED) is 0.443. The van der Waals surface area contributed by atoms with E-state index in [9.17, 15) is 35.9 Å². The molecule has 1 atom stereocenters. The predicted octanol–water partition coefficient (Wildman–Crippen LogP) is 6.35. The van der Waals surface area contributed by atoms with Crippen LogP contribution in [0.25, 0.3) is 0 Å². The molecule has 1 aliphatic heterocycles. The third-order valence-electron chi connectivity index (χ3n) is 5.67. The maximum atomic E-state index is 13.3. The smallest absolute Gasteiger partial charge is 0.416 e. The van der Waals surface area contributed by atoms with Crippen molar-refractivity contribution in [1.82, 2.24) is 9.88 Å². The van der Waals surface area contributed by atoms with Crippen LogP contribution in [0.2, 0.25) is 0 Å². The molecule has 0 N–H and O–H groups in total. The van der Waals surface area contributed by atoms with Gasteiger partial charge in [-0.2, -0.15) is 26.3 Å². The first-order valence-corrected chi connectivity index (χ1v) is 11.2. The molecule has 0 fully saturated rings. The number of alkyl halides is 6. The minimum atomic E-state index is -5.01. The van der Waals surface area contributed by atoms with Crippen LogP contribution in [0.1, 0.15) is 61.9 Å². The SMILES string of the molecule is CC(=O)N(Cc1cc(C(F)(F)F)cc(C(F)(F)F)c1)C1CCCN(C(=O)OC(C)C)c2ccncc21. The van der Waals surface area contributed by atoms with E-state index in [1.54, 1.807) is 19.9 Å². The third-order valence-corrected chi connectivity index (χ3v) is 5.67. The van der Waals surface area contributed by atoms with Crippen molar-refractivity contribution in [2.75, 3.05) is 11.4 Å². The average molecular weight is 517 g/mol. The Bertz CT molecular complexity index is 1080. The summed E-state index contributed by atoms with van der Waals surface area (Å²) in [6.45, 7) is 4.30. The number of pyridine rings is 1. The van der Waals surface area contributed by atoms with Gasteiger partial charge in [-0.15, -0.1) is 0 Å². The highest BCUT2D eigenvalue weighted by molar-refractivity contribution is 5.89. The molecule has 0 saturated carbocycles. The third kappa shape index (κ3) is 6.27. The fraction of sp³-hybridized carbons (Fsp3) is 0.458. The number of carbonyl (C=O) groups excluding carboxylic acids is 2. The Balaban J connectivity index is 2.04. The number of halogens is 6. The maximum Gasteiger partial charge on any atom is 0.416 e. The van der Waals surface area contributed by atoms with Crippen molar-refractivity contribution < 1.29 is 40.7 Å². The number of fused-ring (bicyclic) bond motifs is 1. The van der Waals surface area contributed by atoms with Gasteiger partial charge in [-0.05, 0) is 56.5 Å². The van der Waals surface area contributed by atoms with E-state index in [0.29, 0.717) is 36.2 Å². The molecule has 0 bridgehead atoms. The lowest BCUT2D eigenvalue weighted by Gasteiger charge is -2.32. The van der Waals surface area contributed by atoms with Gasteiger partial charge in [0.25, 0.3) is 0 Å². The van der Waals surface area contributed by atoms with Gasteiger partial charge < -0.3 is 9.64 Å². The van der Waals surface area contributed by atoms with Crippen LogP contribution in [-0.2, 0) is 28.4 Å². The van der Waals surface area contributed by atoms with Crippen molar-refractivity contribution in [3.63, 3.8) is 0 Å². The van der Waals surface area contributed by atoms with Crippen LogP contribution in [0.4, 0.5) is 36.8 Å². The minimum absolute atomic E-state index is 0.0463. The number of carbonyl (C=O) groups is 2. The maximum absolute atomic E-state index is 13.3. The summed E-state index contributed by atoms with van der Waals surface area (Å²) in [4.78, 5) is 32.0.